The summed E-state index contributed by atoms with van der Waals surface area (Å²) in [5, 5.41) is 21.4. The number of rotatable bonds is 3. The number of aliphatic hydroxyl groups excluding tert-OH is 1. The van der Waals surface area contributed by atoms with Crippen LogP contribution in [0.3, 0.4) is 0 Å². The number of aryl methyl sites for hydroxylation is 1. The lowest BCUT2D eigenvalue weighted by Crippen LogP contribution is -2.33. The fourth-order valence-corrected chi connectivity index (χ4v) is 4.09. The smallest absolute Gasteiger partial charge is 0.323 e. The molecule has 1 saturated heterocycles. The van der Waals surface area contributed by atoms with Crippen LogP contribution in [-0.4, -0.2) is 55.2 Å². The highest BCUT2D eigenvalue weighted by molar-refractivity contribution is 7.16. The van der Waals surface area contributed by atoms with Gasteiger partial charge in [0.2, 0.25) is 0 Å². The number of aliphatic hydroxyl groups is 1. The van der Waals surface area contributed by atoms with E-state index in [-0.39, 0.29) is 24.0 Å². The molecule has 1 aliphatic rings. The van der Waals surface area contributed by atoms with Gasteiger partial charge in [-0.25, -0.2) is 14.5 Å². The zero-order valence-electron chi connectivity index (χ0n) is 14.9. The third kappa shape index (κ3) is 3.67. The molecule has 136 valence electrons. The molecule has 25 heavy (non-hydrogen) atoms. The molecule has 2 atom stereocenters. The quantitative estimate of drug-likeness (QED) is 0.869. The Hall–Kier alpha value is -2.00. The van der Waals surface area contributed by atoms with Crippen LogP contribution in [-0.2, 0) is 11.8 Å². The van der Waals surface area contributed by atoms with Crippen molar-refractivity contribution >= 4 is 22.5 Å². The number of nitrogens with one attached hydrogen (secondary N) is 1. The highest BCUT2D eigenvalue weighted by Crippen LogP contribution is 2.34. The number of urea groups is 1. The zero-order chi connectivity index (χ0) is 18.2. The van der Waals surface area contributed by atoms with Gasteiger partial charge >= 0.3 is 6.03 Å². The Kier molecular flexibility index (Phi) is 4.79. The van der Waals surface area contributed by atoms with Crippen molar-refractivity contribution < 1.29 is 9.90 Å². The number of carbonyl (C=O) groups is 1. The van der Waals surface area contributed by atoms with Crippen LogP contribution in [0.4, 0.5) is 9.93 Å². The molecule has 2 aromatic heterocycles. The lowest BCUT2D eigenvalue weighted by Gasteiger charge is -2.17. The molecule has 0 radical (unpaired) electrons. The van der Waals surface area contributed by atoms with Crippen LogP contribution < -0.4 is 5.32 Å². The molecule has 0 aliphatic carbocycles. The average molecular weight is 364 g/mol. The van der Waals surface area contributed by atoms with Crippen molar-refractivity contribution in [1.29, 1.82) is 0 Å². The van der Waals surface area contributed by atoms with Crippen LogP contribution in [0.5, 0.6) is 0 Å². The summed E-state index contributed by atoms with van der Waals surface area (Å²) in [6.45, 7) is 9.14. The second kappa shape index (κ2) is 6.72. The first-order valence-electron chi connectivity index (χ1n) is 8.39. The summed E-state index contributed by atoms with van der Waals surface area (Å²) in [4.78, 5) is 19.9. The predicted octanol–water partition coefficient (Wildman–Crippen LogP) is 2.04. The number of hydrogen-bond donors (Lipinski definition) is 2. The Balaban J connectivity index is 1.70. The van der Waals surface area contributed by atoms with Crippen molar-refractivity contribution in [1.82, 2.24) is 24.9 Å². The minimum atomic E-state index is -0.667. The maximum Gasteiger partial charge on any atom is 0.323 e. The Morgan fingerprint density at radius 3 is 2.76 bits per heavy atom. The maximum absolute atomic E-state index is 12.6. The van der Waals surface area contributed by atoms with Gasteiger partial charge < -0.3 is 10.0 Å². The molecule has 2 amide bonds. The van der Waals surface area contributed by atoms with E-state index in [1.165, 1.54) is 16.2 Å². The second-order valence-corrected chi connectivity index (χ2v) is 8.25. The topological polar surface area (TPSA) is 96.2 Å². The summed E-state index contributed by atoms with van der Waals surface area (Å²) >= 11 is 1.52. The normalized spacial score (nSPS) is 20.9. The summed E-state index contributed by atoms with van der Waals surface area (Å²) in [6, 6.07) is -0.528. The van der Waals surface area contributed by atoms with Gasteiger partial charge in [0.05, 0.1) is 30.6 Å². The number of hydrogen-bond acceptors (Lipinski definition) is 6. The monoisotopic (exact) mass is 364 g/mol. The number of nitrogens with zero attached hydrogens (tertiary/aromatic N) is 5. The molecule has 3 heterocycles. The van der Waals surface area contributed by atoms with Crippen LogP contribution >= 0.6 is 11.3 Å². The fraction of sp³-hybridized carbons (Fsp3) is 0.625. The number of carbonyl (C=O) groups excluding carboxylic acids is 1. The van der Waals surface area contributed by atoms with Gasteiger partial charge in [-0.2, -0.15) is 0 Å². The number of β-amino-alcohol motifs (C(OH)–C–C–N with tert-alkyl or cyclic N) is 1. The van der Waals surface area contributed by atoms with Crippen LogP contribution in [0, 0.1) is 0 Å². The molecule has 0 unspecified atom stereocenters. The Morgan fingerprint density at radius 1 is 1.44 bits per heavy atom. The van der Waals surface area contributed by atoms with Gasteiger partial charge in [-0.15, -0.1) is 16.4 Å². The van der Waals surface area contributed by atoms with Crippen molar-refractivity contribution in [3.63, 3.8) is 0 Å². The summed E-state index contributed by atoms with van der Waals surface area (Å²) in [7, 11) is 0. The largest absolute Gasteiger partial charge is 0.389 e. The Morgan fingerprint density at radius 2 is 2.20 bits per heavy atom. The van der Waals surface area contributed by atoms with E-state index in [1.807, 2.05) is 0 Å². The van der Waals surface area contributed by atoms with Crippen molar-refractivity contribution in [3.05, 3.63) is 23.0 Å². The molecule has 2 N–H and O–H groups in total. The minimum absolute atomic E-state index is 0.00594. The molecule has 8 nitrogen and oxygen atoms in total. The average Bonchev–Trinajstić information content (AvgIpc) is 3.24. The van der Waals surface area contributed by atoms with Crippen molar-refractivity contribution in [3.8, 4) is 0 Å². The van der Waals surface area contributed by atoms with Gasteiger partial charge in [0, 0.05) is 17.6 Å². The SMILES string of the molecule is CCc1nc(NC(=O)N2C[C@@H](O)[C@H](n3ccnn3)C2)sc1C(C)(C)C. The second-order valence-electron chi connectivity index (χ2n) is 7.25. The van der Waals surface area contributed by atoms with Crippen LogP contribution in [0.15, 0.2) is 12.4 Å². The molecular formula is C16H24N6O2S. The van der Waals surface area contributed by atoms with Crippen molar-refractivity contribution in [2.45, 2.75) is 51.7 Å². The first-order chi connectivity index (χ1) is 11.8. The number of anilines is 1. The molecule has 1 fully saturated rings. The van der Waals surface area contributed by atoms with E-state index in [0.717, 1.165) is 12.1 Å². The Labute approximate surface area is 150 Å². The van der Waals surface area contributed by atoms with Gasteiger partial charge in [-0.1, -0.05) is 32.9 Å². The first kappa shape index (κ1) is 17.8. The summed E-state index contributed by atoms with van der Waals surface area (Å²) < 4.78 is 1.59. The van der Waals surface area contributed by atoms with E-state index in [2.05, 4.69) is 48.3 Å². The summed E-state index contributed by atoms with van der Waals surface area (Å²) in [5.41, 5.74) is 1.02. The molecule has 0 spiro atoms. The van der Waals surface area contributed by atoms with E-state index in [9.17, 15) is 9.90 Å². The van der Waals surface area contributed by atoms with E-state index in [0.29, 0.717) is 11.7 Å². The molecule has 9 heteroatoms. The standard InChI is InChI=1S/C16H24N6O2S/c1-5-10-13(16(2,3)4)25-14(18-10)19-15(24)21-8-11(12(23)9-21)22-7-6-17-20-22/h6-7,11-12,23H,5,8-9H2,1-4H3,(H,18,19,24)/t11-,12-/m1/s1. The summed E-state index contributed by atoms with van der Waals surface area (Å²) in [5.74, 6) is 0. The van der Waals surface area contributed by atoms with Crippen molar-refractivity contribution in [2.24, 2.45) is 0 Å². The van der Waals surface area contributed by atoms with Gasteiger partial charge in [-0.3, -0.25) is 5.32 Å². The van der Waals surface area contributed by atoms with E-state index >= 15 is 0 Å². The molecule has 3 rings (SSSR count). The predicted molar refractivity (Wildman–Crippen MR) is 95.8 cm³/mol. The number of amides is 2. The van der Waals surface area contributed by atoms with Crippen LogP contribution in [0.25, 0.3) is 0 Å². The Bertz CT molecular complexity index is 736. The number of likely N-dealkylation sites (tertiary alicyclic amines) is 1. The van der Waals surface area contributed by atoms with Crippen molar-refractivity contribution in [2.75, 3.05) is 18.4 Å². The first-order valence-corrected chi connectivity index (χ1v) is 9.21. The molecule has 0 saturated carbocycles. The molecule has 0 bridgehead atoms. The lowest BCUT2D eigenvalue weighted by atomic mass is 9.93. The molecule has 0 aromatic carbocycles. The third-order valence-corrected chi connectivity index (χ3v) is 5.69. The fourth-order valence-electron chi connectivity index (χ4n) is 2.99. The maximum atomic E-state index is 12.6. The number of thiazole rings is 1. The highest BCUT2D eigenvalue weighted by atomic mass is 32.1. The van der Waals surface area contributed by atoms with E-state index in [1.54, 1.807) is 22.0 Å². The minimum Gasteiger partial charge on any atom is -0.389 e. The molecular weight excluding hydrogens is 340 g/mol. The van der Waals surface area contributed by atoms with Crippen LogP contribution in [0.2, 0.25) is 0 Å². The van der Waals surface area contributed by atoms with Gasteiger partial charge in [0.1, 0.15) is 0 Å². The van der Waals surface area contributed by atoms with Gasteiger partial charge in [-0.05, 0) is 11.8 Å². The van der Waals surface area contributed by atoms with Gasteiger partial charge in [0.25, 0.3) is 0 Å². The van der Waals surface area contributed by atoms with E-state index < -0.39 is 6.10 Å². The third-order valence-electron chi connectivity index (χ3n) is 4.25. The lowest BCUT2D eigenvalue weighted by molar-refractivity contribution is 0.139. The molecule has 1 aliphatic heterocycles. The summed E-state index contributed by atoms with van der Waals surface area (Å²) in [6.07, 6.45) is 3.42. The van der Waals surface area contributed by atoms with Crippen LogP contribution in [0.1, 0.15) is 44.3 Å². The van der Waals surface area contributed by atoms with Gasteiger partial charge in [0.15, 0.2) is 5.13 Å². The van der Waals surface area contributed by atoms with E-state index in [4.69, 9.17) is 0 Å². The number of aromatic nitrogens is 4. The zero-order valence-corrected chi connectivity index (χ0v) is 15.7. The molecule has 2 aromatic rings. The highest BCUT2D eigenvalue weighted by Gasteiger charge is 2.36.